The molecular weight excluding hydrogens is 387 g/mol. The highest BCUT2D eigenvalue weighted by molar-refractivity contribution is 9.10. The second-order valence-electron chi connectivity index (χ2n) is 4.45. The lowest BCUT2D eigenvalue weighted by Crippen LogP contribution is -2.15. The maximum Gasteiger partial charge on any atom is 0.264 e. The molecule has 2 N–H and O–H groups in total. The third kappa shape index (κ3) is 4.40. The molecule has 8 heteroatoms. The minimum atomic E-state index is -4.14. The molecule has 0 atom stereocenters. The van der Waals surface area contributed by atoms with Crippen LogP contribution in [0, 0.1) is 5.82 Å². The molecule has 0 aliphatic carbocycles. The normalized spacial score (nSPS) is 10.9. The number of amides is 1. The summed E-state index contributed by atoms with van der Waals surface area (Å²) in [5.41, 5.74) is 0.431. The van der Waals surface area contributed by atoms with E-state index in [-0.39, 0.29) is 11.4 Å². The molecule has 0 spiro atoms. The molecule has 0 saturated heterocycles. The Morgan fingerprint density at radius 2 is 1.74 bits per heavy atom. The lowest BCUT2D eigenvalue weighted by atomic mass is 10.3. The van der Waals surface area contributed by atoms with E-state index in [0.717, 1.165) is 22.7 Å². The van der Waals surface area contributed by atoms with Crippen LogP contribution in [0.3, 0.4) is 0 Å². The smallest absolute Gasteiger partial charge is 0.264 e. The molecule has 2 aromatic rings. The second-order valence-corrected chi connectivity index (χ2v) is 7.02. The number of carbonyl (C=O) groups excluding carboxylic acids is 1. The summed E-state index contributed by atoms with van der Waals surface area (Å²) in [5.74, 6) is -1.45. The van der Waals surface area contributed by atoms with Gasteiger partial charge in [0.1, 0.15) is 10.7 Å². The van der Waals surface area contributed by atoms with Crippen LogP contribution in [0.4, 0.5) is 15.8 Å². The summed E-state index contributed by atoms with van der Waals surface area (Å²) in [4.78, 5) is 10.7. The van der Waals surface area contributed by atoms with Gasteiger partial charge < -0.3 is 5.32 Å². The number of carbonyl (C=O) groups is 1. The van der Waals surface area contributed by atoms with E-state index in [0.29, 0.717) is 0 Å². The van der Waals surface area contributed by atoms with E-state index in [4.69, 9.17) is 0 Å². The summed E-state index contributed by atoms with van der Waals surface area (Å²) < 4.78 is 41.6. The lowest BCUT2D eigenvalue weighted by molar-refractivity contribution is -0.111. The van der Waals surface area contributed by atoms with Gasteiger partial charge in [0.2, 0.25) is 5.91 Å². The molecule has 0 heterocycles. The van der Waals surface area contributed by atoms with Crippen molar-refractivity contribution >= 4 is 43.2 Å². The summed E-state index contributed by atoms with van der Waals surface area (Å²) in [7, 11) is -4.14. The molecule has 0 radical (unpaired) electrons. The van der Waals surface area contributed by atoms with Crippen molar-refractivity contribution in [1.82, 2.24) is 0 Å². The summed E-state index contributed by atoms with van der Waals surface area (Å²) in [6, 6.07) is 9.62. The Bertz CT molecular complexity index is 852. The van der Waals surface area contributed by atoms with Gasteiger partial charge in [-0.05, 0) is 48.5 Å². The van der Waals surface area contributed by atoms with Crippen molar-refractivity contribution in [2.75, 3.05) is 10.0 Å². The summed E-state index contributed by atoms with van der Waals surface area (Å²) in [6.45, 7) is 3.29. The molecule has 5 nitrogen and oxygen atoms in total. The molecule has 0 fully saturated rings. The van der Waals surface area contributed by atoms with Crippen LogP contribution < -0.4 is 10.0 Å². The molecule has 0 unspecified atom stereocenters. The number of anilines is 2. The fourth-order valence-corrected chi connectivity index (χ4v) is 3.14. The standard InChI is InChI=1S/C15H12BrFN2O3S/c1-2-15(20)18-12-7-8-13(17)14(9-12)23(21,22)19-11-5-3-10(16)4-6-11/h2-9,19H,1H2,(H,18,20). The molecule has 2 aromatic carbocycles. The average molecular weight is 399 g/mol. The SMILES string of the molecule is C=CC(=O)Nc1ccc(F)c(S(=O)(=O)Nc2ccc(Br)cc2)c1. The topological polar surface area (TPSA) is 75.3 Å². The Hall–Kier alpha value is -2.19. The highest BCUT2D eigenvalue weighted by Crippen LogP contribution is 2.23. The Labute approximate surface area is 141 Å². The molecule has 0 aromatic heterocycles. The molecule has 0 aliphatic rings. The molecular formula is C15H12BrFN2O3S. The first kappa shape index (κ1) is 17.2. The van der Waals surface area contributed by atoms with Gasteiger partial charge >= 0.3 is 0 Å². The van der Waals surface area contributed by atoms with Gasteiger partial charge in [0.05, 0.1) is 0 Å². The maximum atomic E-state index is 13.9. The van der Waals surface area contributed by atoms with Gasteiger partial charge in [0.15, 0.2) is 0 Å². The van der Waals surface area contributed by atoms with Crippen molar-refractivity contribution in [1.29, 1.82) is 0 Å². The van der Waals surface area contributed by atoms with Gasteiger partial charge in [0, 0.05) is 15.8 Å². The van der Waals surface area contributed by atoms with E-state index in [1.54, 1.807) is 12.1 Å². The lowest BCUT2D eigenvalue weighted by Gasteiger charge is -2.11. The largest absolute Gasteiger partial charge is 0.322 e. The number of rotatable bonds is 5. The Balaban J connectivity index is 2.34. The monoisotopic (exact) mass is 398 g/mol. The molecule has 120 valence electrons. The quantitative estimate of drug-likeness (QED) is 0.756. The van der Waals surface area contributed by atoms with Crippen LogP contribution in [-0.2, 0) is 14.8 Å². The first-order valence-corrected chi connectivity index (χ1v) is 8.61. The average Bonchev–Trinajstić information content (AvgIpc) is 2.51. The van der Waals surface area contributed by atoms with Crippen molar-refractivity contribution in [2.24, 2.45) is 0 Å². The number of benzene rings is 2. The van der Waals surface area contributed by atoms with E-state index in [2.05, 4.69) is 32.5 Å². The molecule has 2 rings (SSSR count). The number of nitrogens with one attached hydrogen (secondary N) is 2. The first-order valence-electron chi connectivity index (χ1n) is 6.33. The van der Waals surface area contributed by atoms with Crippen molar-refractivity contribution in [3.8, 4) is 0 Å². The van der Waals surface area contributed by atoms with E-state index < -0.39 is 26.6 Å². The number of halogens is 2. The zero-order valence-electron chi connectivity index (χ0n) is 11.7. The second kappa shape index (κ2) is 6.93. The zero-order valence-corrected chi connectivity index (χ0v) is 14.1. The van der Waals surface area contributed by atoms with Crippen LogP contribution in [0.25, 0.3) is 0 Å². The molecule has 0 saturated carbocycles. The fourth-order valence-electron chi connectivity index (χ4n) is 1.71. The first-order chi connectivity index (χ1) is 10.8. The Kier molecular flexibility index (Phi) is 5.17. The van der Waals surface area contributed by atoms with Crippen LogP contribution in [-0.4, -0.2) is 14.3 Å². The minimum Gasteiger partial charge on any atom is -0.322 e. The van der Waals surface area contributed by atoms with Gasteiger partial charge in [-0.3, -0.25) is 9.52 Å². The van der Waals surface area contributed by atoms with Gasteiger partial charge in [-0.2, -0.15) is 0 Å². The van der Waals surface area contributed by atoms with E-state index in [9.17, 15) is 17.6 Å². The summed E-state index contributed by atoms with van der Waals surface area (Å²) >= 11 is 3.24. The maximum absolute atomic E-state index is 13.9. The van der Waals surface area contributed by atoms with Gasteiger partial charge in [-0.25, -0.2) is 12.8 Å². The molecule has 1 amide bonds. The zero-order chi connectivity index (χ0) is 17.0. The third-order valence-corrected chi connectivity index (χ3v) is 4.70. The van der Waals surface area contributed by atoms with Crippen LogP contribution >= 0.6 is 15.9 Å². The highest BCUT2D eigenvalue weighted by atomic mass is 79.9. The Morgan fingerprint density at radius 3 is 2.35 bits per heavy atom. The highest BCUT2D eigenvalue weighted by Gasteiger charge is 2.20. The van der Waals surface area contributed by atoms with Crippen LogP contribution in [0.5, 0.6) is 0 Å². The van der Waals surface area contributed by atoms with E-state index in [1.807, 2.05) is 0 Å². The van der Waals surface area contributed by atoms with Crippen molar-refractivity contribution in [3.63, 3.8) is 0 Å². The van der Waals surface area contributed by atoms with Crippen molar-refractivity contribution in [2.45, 2.75) is 4.90 Å². The molecule has 23 heavy (non-hydrogen) atoms. The van der Waals surface area contributed by atoms with Crippen LogP contribution in [0.1, 0.15) is 0 Å². The van der Waals surface area contributed by atoms with Crippen LogP contribution in [0.2, 0.25) is 0 Å². The van der Waals surface area contributed by atoms with E-state index >= 15 is 0 Å². The Morgan fingerprint density at radius 1 is 1.13 bits per heavy atom. The van der Waals surface area contributed by atoms with Crippen LogP contribution in [0.15, 0.2) is 64.5 Å². The third-order valence-electron chi connectivity index (χ3n) is 2.77. The molecule has 0 aliphatic heterocycles. The predicted molar refractivity (Wildman–Crippen MR) is 90.2 cm³/mol. The van der Waals surface area contributed by atoms with Gasteiger partial charge in [-0.1, -0.05) is 22.5 Å². The number of hydrogen-bond donors (Lipinski definition) is 2. The summed E-state index contributed by atoms with van der Waals surface area (Å²) in [6.07, 6.45) is 1.03. The van der Waals surface area contributed by atoms with Crippen molar-refractivity contribution < 1.29 is 17.6 Å². The van der Waals surface area contributed by atoms with Gasteiger partial charge in [-0.15, -0.1) is 0 Å². The predicted octanol–water partition coefficient (Wildman–Crippen LogP) is 3.51. The van der Waals surface area contributed by atoms with Crippen molar-refractivity contribution in [3.05, 3.63) is 65.4 Å². The van der Waals surface area contributed by atoms with E-state index in [1.165, 1.54) is 18.2 Å². The number of sulfonamides is 1. The number of hydrogen-bond acceptors (Lipinski definition) is 3. The summed E-state index contributed by atoms with van der Waals surface area (Å²) in [5, 5.41) is 2.38. The molecule has 0 bridgehead atoms. The minimum absolute atomic E-state index is 0.146. The fraction of sp³-hybridized carbons (Fsp3) is 0. The van der Waals surface area contributed by atoms with Gasteiger partial charge in [0.25, 0.3) is 10.0 Å².